The van der Waals surface area contributed by atoms with Crippen molar-refractivity contribution in [2.75, 3.05) is 64.9 Å². The van der Waals surface area contributed by atoms with Crippen LogP contribution in [0.15, 0.2) is 41.3 Å². The summed E-state index contributed by atoms with van der Waals surface area (Å²) in [6.45, 7) is 8.05. The first-order chi connectivity index (χ1) is 18.5. The lowest BCUT2D eigenvalue weighted by molar-refractivity contribution is 0.0933. The van der Waals surface area contributed by atoms with Gasteiger partial charge in [0.15, 0.2) is 5.13 Å². The van der Waals surface area contributed by atoms with Gasteiger partial charge in [0.05, 0.1) is 21.7 Å². The molecule has 0 saturated carbocycles. The Balaban J connectivity index is 1.53. The second kappa shape index (κ2) is 12.0. The maximum absolute atomic E-state index is 13.6. The highest BCUT2D eigenvalue weighted by molar-refractivity contribution is 7.89. The Morgan fingerprint density at radius 1 is 1.00 bits per heavy atom. The zero-order valence-electron chi connectivity index (χ0n) is 23.0. The van der Waals surface area contributed by atoms with Crippen LogP contribution in [0.4, 0.5) is 9.93 Å². The number of benzene rings is 2. The van der Waals surface area contributed by atoms with E-state index in [1.54, 1.807) is 24.0 Å². The average molecular weight is 574 g/mol. The van der Waals surface area contributed by atoms with Gasteiger partial charge in [0.25, 0.3) is 5.91 Å². The van der Waals surface area contributed by atoms with E-state index in [0.717, 1.165) is 15.8 Å². The number of hydrogen-bond donors (Lipinski definition) is 0. The summed E-state index contributed by atoms with van der Waals surface area (Å²) in [4.78, 5) is 35.6. The molecule has 0 spiro atoms. The van der Waals surface area contributed by atoms with Crippen LogP contribution in [0.5, 0.6) is 0 Å². The molecule has 4 rings (SSSR count). The Hall–Kier alpha value is -3.06. The first-order valence-corrected chi connectivity index (χ1v) is 15.1. The normalized spacial score (nSPS) is 14.7. The molecule has 2 amide bonds. The van der Waals surface area contributed by atoms with Gasteiger partial charge in [-0.3, -0.25) is 9.69 Å². The fourth-order valence-electron chi connectivity index (χ4n) is 4.27. The number of aryl methyl sites for hydroxylation is 2. The molecule has 2 aromatic carbocycles. The molecule has 0 aliphatic carbocycles. The van der Waals surface area contributed by atoms with Crippen molar-refractivity contribution < 1.29 is 22.7 Å². The highest BCUT2D eigenvalue weighted by Crippen LogP contribution is 2.32. The molecule has 0 N–H and O–H groups in total. The number of nitrogens with zero attached hydrogens (tertiary/aromatic N) is 5. The Labute approximate surface area is 233 Å². The zero-order chi connectivity index (χ0) is 28.3. The summed E-state index contributed by atoms with van der Waals surface area (Å²) in [6, 6.07) is 10.2. The third-order valence-electron chi connectivity index (χ3n) is 6.74. The lowest BCUT2D eigenvalue weighted by Gasteiger charge is -2.33. The molecule has 10 nitrogen and oxygen atoms in total. The smallest absolute Gasteiger partial charge is 0.409 e. The number of aromatic nitrogens is 1. The van der Waals surface area contributed by atoms with Crippen molar-refractivity contribution in [1.82, 2.24) is 19.1 Å². The van der Waals surface area contributed by atoms with Crippen LogP contribution in [0, 0.1) is 13.8 Å². The van der Waals surface area contributed by atoms with Gasteiger partial charge in [0.1, 0.15) is 0 Å². The van der Waals surface area contributed by atoms with Crippen molar-refractivity contribution in [3.05, 3.63) is 53.1 Å². The molecule has 1 saturated heterocycles. The van der Waals surface area contributed by atoms with Gasteiger partial charge in [-0.15, -0.1) is 0 Å². The van der Waals surface area contributed by atoms with Gasteiger partial charge < -0.3 is 14.5 Å². The van der Waals surface area contributed by atoms with Gasteiger partial charge in [-0.2, -0.15) is 4.31 Å². The molecule has 210 valence electrons. The number of rotatable bonds is 8. The van der Waals surface area contributed by atoms with Gasteiger partial charge in [-0.05, 0) is 82.4 Å². The number of ether oxygens (including phenoxy) is 1. The number of hydrogen-bond acceptors (Lipinski definition) is 8. The van der Waals surface area contributed by atoms with Crippen molar-refractivity contribution in [3.8, 4) is 0 Å². The van der Waals surface area contributed by atoms with E-state index in [0.29, 0.717) is 23.8 Å². The van der Waals surface area contributed by atoms with Crippen LogP contribution >= 0.6 is 11.3 Å². The lowest BCUT2D eigenvalue weighted by Crippen LogP contribution is -2.50. The van der Waals surface area contributed by atoms with E-state index in [1.165, 1.54) is 38.2 Å². The van der Waals surface area contributed by atoms with Gasteiger partial charge in [-0.25, -0.2) is 18.2 Å². The van der Waals surface area contributed by atoms with E-state index >= 15 is 0 Å². The average Bonchev–Trinajstić information content (AvgIpc) is 3.31. The summed E-state index contributed by atoms with van der Waals surface area (Å²) >= 11 is 1.47. The molecule has 0 unspecified atom stereocenters. The van der Waals surface area contributed by atoms with E-state index in [1.807, 2.05) is 32.0 Å². The molecule has 1 aliphatic rings. The molecule has 1 fully saturated rings. The fourth-order valence-corrected chi connectivity index (χ4v) is 6.76. The third kappa shape index (κ3) is 6.40. The van der Waals surface area contributed by atoms with Crippen LogP contribution in [0.3, 0.4) is 0 Å². The molecule has 1 aromatic heterocycles. The minimum Gasteiger partial charge on any atom is -0.450 e. The van der Waals surface area contributed by atoms with Gasteiger partial charge in [0.2, 0.25) is 10.0 Å². The topological polar surface area (TPSA) is 103 Å². The first kappa shape index (κ1) is 28.9. The highest BCUT2D eigenvalue weighted by atomic mass is 32.2. The molecule has 3 aromatic rings. The molecule has 39 heavy (non-hydrogen) atoms. The predicted octanol–water partition coefficient (Wildman–Crippen LogP) is 3.58. The number of piperazine rings is 1. The van der Waals surface area contributed by atoms with Crippen LogP contribution in [-0.2, 0) is 14.8 Å². The predicted molar refractivity (Wildman–Crippen MR) is 153 cm³/mol. The summed E-state index contributed by atoms with van der Waals surface area (Å²) in [5.41, 5.74) is 3.55. The van der Waals surface area contributed by atoms with Crippen molar-refractivity contribution in [2.24, 2.45) is 0 Å². The zero-order valence-corrected chi connectivity index (χ0v) is 24.6. The number of likely N-dealkylation sites (N-methyl/N-ethyl adjacent to an activating group) is 1. The van der Waals surface area contributed by atoms with Crippen molar-refractivity contribution >= 4 is 48.7 Å². The highest BCUT2D eigenvalue weighted by Gasteiger charge is 2.31. The van der Waals surface area contributed by atoms with Gasteiger partial charge in [-0.1, -0.05) is 11.3 Å². The lowest BCUT2D eigenvalue weighted by atomic mass is 10.1. The van der Waals surface area contributed by atoms with E-state index in [9.17, 15) is 18.0 Å². The number of anilines is 1. The minimum absolute atomic E-state index is 0.106. The second-order valence-corrected chi connectivity index (χ2v) is 12.7. The molecule has 0 radical (unpaired) electrons. The van der Waals surface area contributed by atoms with Gasteiger partial charge >= 0.3 is 6.09 Å². The molecular formula is C27H35N5O5S2. The standard InChI is InChI=1S/C27H35N5O5S2/c1-6-37-27(34)30-12-14-31(15-13-30)39(35,36)22-9-7-21(8-10-22)25(33)32(16-11-29(4)5)26-28-23-17-19(2)20(3)18-24(23)38-26/h7-10,17-18H,6,11-16H2,1-5H3. The Morgan fingerprint density at radius 3 is 2.26 bits per heavy atom. The quantitative estimate of drug-likeness (QED) is 0.406. The SMILES string of the molecule is CCOC(=O)N1CCN(S(=O)(=O)c2ccc(C(=O)N(CCN(C)C)c3nc4cc(C)c(C)cc4s3)cc2)CC1. The van der Waals surface area contributed by atoms with Gasteiger partial charge in [0, 0.05) is 44.8 Å². The van der Waals surface area contributed by atoms with Crippen LogP contribution in [-0.4, -0.2) is 99.5 Å². The second-order valence-electron chi connectivity index (χ2n) is 9.78. The largest absolute Gasteiger partial charge is 0.450 e. The van der Waals surface area contributed by atoms with E-state index in [4.69, 9.17) is 9.72 Å². The summed E-state index contributed by atoms with van der Waals surface area (Å²) in [5, 5.41) is 0.609. The molecule has 0 bridgehead atoms. The number of sulfonamides is 1. The van der Waals surface area contributed by atoms with Crippen molar-refractivity contribution in [3.63, 3.8) is 0 Å². The van der Waals surface area contributed by atoms with E-state index < -0.39 is 16.1 Å². The molecular weight excluding hydrogens is 538 g/mol. The van der Waals surface area contributed by atoms with Crippen LogP contribution in [0.1, 0.15) is 28.4 Å². The monoisotopic (exact) mass is 573 g/mol. The summed E-state index contributed by atoms with van der Waals surface area (Å²) in [7, 11) is 0.116. The van der Waals surface area contributed by atoms with Crippen LogP contribution in [0.25, 0.3) is 10.2 Å². The number of amides is 2. The van der Waals surface area contributed by atoms with E-state index in [2.05, 4.69) is 13.0 Å². The summed E-state index contributed by atoms with van der Waals surface area (Å²) in [5.74, 6) is -0.239. The number of carbonyl (C=O) groups is 2. The van der Waals surface area contributed by atoms with Crippen LogP contribution in [0.2, 0.25) is 0 Å². The fraction of sp³-hybridized carbons (Fsp3) is 0.444. The summed E-state index contributed by atoms with van der Waals surface area (Å²) in [6.07, 6.45) is -0.436. The molecule has 1 aliphatic heterocycles. The Bertz CT molecular complexity index is 1410. The molecule has 0 atom stereocenters. The van der Waals surface area contributed by atoms with Crippen molar-refractivity contribution in [1.29, 1.82) is 0 Å². The van der Waals surface area contributed by atoms with Crippen LogP contribution < -0.4 is 4.90 Å². The Morgan fingerprint density at radius 2 is 1.64 bits per heavy atom. The Kier molecular flexibility index (Phi) is 8.90. The maximum atomic E-state index is 13.6. The third-order valence-corrected chi connectivity index (χ3v) is 9.70. The maximum Gasteiger partial charge on any atom is 0.409 e. The number of carbonyl (C=O) groups excluding carboxylic acids is 2. The number of fused-ring (bicyclic) bond motifs is 1. The first-order valence-electron chi connectivity index (χ1n) is 12.9. The molecule has 12 heteroatoms. The molecule has 2 heterocycles. The minimum atomic E-state index is -3.77. The van der Waals surface area contributed by atoms with Crippen molar-refractivity contribution in [2.45, 2.75) is 25.7 Å². The van der Waals surface area contributed by atoms with E-state index in [-0.39, 0.29) is 43.6 Å². The number of thiazole rings is 1. The summed E-state index contributed by atoms with van der Waals surface area (Å²) < 4.78 is 33.9.